The number of ether oxygens (including phenoxy) is 3. The Kier molecular flexibility index (Phi) is 5.79. The molecule has 2 aliphatic rings. The van der Waals surface area contributed by atoms with Gasteiger partial charge in [0.05, 0.1) is 12.9 Å². The maximum absolute atomic E-state index is 12.8. The first-order valence-electron chi connectivity index (χ1n) is 11.7. The summed E-state index contributed by atoms with van der Waals surface area (Å²) in [5.74, 6) is -0.732. The van der Waals surface area contributed by atoms with Crippen molar-refractivity contribution in [2.24, 2.45) is 0 Å². The van der Waals surface area contributed by atoms with E-state index >= 15 is 0 Å². The van der Waals surface area contributed by atoms with Crippen molar-refractivity contribution in [3.05, 3.63) is 52.9 Å². The van der Waals surface area contributed by atoms with E-state index in [-0.39, 0.29) is 23.8 Å². The normalized spacial score (nSPS) is 26.0. The summed E-state index contributed by atoms with van der Waals surface area (Å²) in [7, 11) is -4.62. The van der Waals surface area contributed by atoms with E-state index in [1.165, 1.54) is 30.9 Å². The van der Waals surface area contributed by atoms with Crippen molar-refractivity contribution in [2.45, 2.75) is 51.1 Å². The second-order valence-corrected chi connectivity index (χ2v) is 10.9. The van der Waals surface area contributed by atoms with E-state index in [1.807, 2.05) is 0 Å². The second-order valence-electron chi connectivity index (χ2n) is 9.47. The van der Waals surface area contributed by atoms with Crippen LogP contribution in [-0.4, -0.2) is 55.1 Å². The zero-order valence-corrected chi connectivity index (χ0v) is 21.4. The van der Waals surface area contributed by atoms with Crippen molar-refractivity contribution in [3.8, 4) is 5.75 Å². The topological polar surface area (TPSA) is 183 Å². The number of nitrogen functional groups attached to an aromatic ring is 1. The number of rotatable bonds is 6. The molecule has 4 aromatic rings. The third kappa shape index (κ3) is 4.45. The Bertz CT molecular complexity index is 1650. The number of phosphoric acid groups is 1. The number of hydrogen-bond acceptors (Lipinski definition) is 12. The van der Waals surface area contributed by atoms with Gasteiger partial charge in [-0.15, -0.1) is 0 Å². The van der Waals surface area contributed by atoms with Crippen LogP contribution < -0.4 is 15.9 Å². The molecule has 5 heterocycles. The van der Waals surface area contributed by atoms with Crippen LogP contribution in [0, 0.1) is 6.92 Å². The van der Waals surface area contributed by atoms with Crippen LogP contribution in [0.4, 0.5) is 5.82 Å². The van der Waals surface area contributed by atoms with Gasteiger partial charge in [0.25, 0.3) is 0 Å². The summed E-state index contributed by atoms with van der Waals surface area (Å²) >= 11 is 0. The maximum atomic E-state index is 12.8. The predicted octanol–water partition coefficient (Wildman–Crippen LogP) is 2.44. The van der Waals surface area contributed by atoms with Gasteiger partial charge in [0, 0.05) is 17.5 Å². The molecule has 1 unspecified atom stereocenters. The Morgan fingerprint density at radius 2 is 1.97 bits per heavy atom. The zero-order chi connectivity index (χ0) is 26.8. The summed E-state index contributed by atoms with van der Waals surface area (Å²) < 4.78 is 48.4. The molecule has 0 radical (unpaired) electrons. The molecule has 2 fully saturated rings. The number of anilines is 1. The van der Waals surface area contributed by atoms with Crippen LogP contribution in [0.2, 0.25) is 0 Å². The lowest BCUT2D eigenvalue weighted by Crippen LogP contribution is -2.32. The molecule has 200 valence electrons. The summed E-state index contributed by atoms with van der Waals surface area (Å²) in [5, 5.41) is 0.669. The Morgan fingerprint density at radius 1 is 1.18 bits per heavy atom. The van der Waals surface area contributed by atoms with Crippen LogP contribution in [0.15, 0.2) is 46.1 Å². The third-order valence-corrected chi connectivity index (χ3v) is 7.25. The second kappa shape index (κ2) is 8.83. The van der Waals surface area contributed by atoms with Gasteiger partial charge in [-0.3, -0.25) is 14.0 Å². The minimum Gasteiger partial charge on any atom is -0.423 e. The number of fused-ring (bicyclic) bond motifs is 3. The van der Waals surface area contributed by atoms with Crippen LogP contribution in [-0.2, 0) is 23.3 Å². The van der Waals surface area contributed by atoms with Crippen LogP contribution in [0.3, 0.4) is 0 Å². The van der Waals surface area contributed by atoms with Crippen molar-refractivity contribution in [1.29, 1.82) is 0 Å². The highest BCUT2D eigenvalue weighted by Crippen LogP contribution is 2.48. The van der Waals surface area contributed by atoms with Gasteiger partial charge in [0.1, 0.15) is 41.5 Å². The molecule has 2 saturated heterocycles. The fraction of sp³-hybridized carbons (Fsp3) is 0.391. The van der Waals surface area contributed by atoms with Crippen molar-refractivity contribution in [3.63, 3.8) is 0 Å². The first-order valence-corrected chi connectivity index (χ1v) is 13.1. The van der Waals surface area contributed by atoms with Crippen LogP contribution in [0.5, 0.6) is 5.75 Å². The number of phosphoric ester groups is 1. The smallest absolute Gasteiger partial charge is 0.423 e. The molecule has 5 atom stereocenters. The van der Waals surface area contributed by atoms with Gasteiger partial charge in [-0.2, -0.15) is 0 Å². The minimum absolute atomic E-state index is 0.0103. The van der Waals surface area contributed by atoms with E-state index in [1.54, 1.807) is 31.4 Å². The molecule has 0 spiro atoms. The number of benzene rings is 1. The van der Waals surface area contributed by atoms with Gasteiger partial charge in [-0.1, -0.05) is 0 Å². The Morgan fingerprint density at radius 3 is 2.79 bits per heavy atom. The molecular weight excluding hydrogens is 521 g/mol. The van der Waals surface area contributed by atoms with E-state index in [0.29, 0.717) is 22.1 Å². The number of imidazole rings is 1. The number of aryl methyl sites for hydroxylation is 1. The van der Waals surface area contributed by atoms with Gasteiger partial charge in [0.2, 0.25) is 0 Å². The Hall–Kier alpha value is -3.39. The average molecular weight is 545 g/mol. The van der Waals surface area contributed by atoms with Gasteiger partial charge >= 0.3 is 13.4 Å². The summed E-state index contributed by atoms with van der Waals surface area (Å²) in [6, 6.07) is 5.81. The number of nitrogens with two attached hydrogens (primary N) is 1. The number of nitrogens with zero attached hydrogens (tertiary/aromatic N) is 4. The fourth-order valence-corrected chi connectivity index (χ4v) is 5.53. The van der Waals surface area contributed by atoms with Crippen molar-refractivity contribution >= 4 is 35.8 Å². The highest BCUT2D eigenvalue weighted by Gasteiger charge is 2.56. The van der Waals surface area contributed by atoms with Crippen LogP contribution in [0.1, 0.15) is 25.6 Å². The number of hydrogen-bond donors (Lipinski definition) is 2. The Labute approximate surface area is 214 Å². The Balaban J connectivity index is 1.21. The van der Waals surface area contributed by atoms with E-state index in [2.05, 4.69) is 15.0 Å². The summed E-state index contributed by atoms with van der Waals surface area (Å²) in [4.78, 5) is 34.6. The maximum Gasteiger partial charge on any atom is 0.527 e. The molecule has 6 rings (SSSR count). The lowest BCUT2D eigenvalue weighted by Gasteiger charge is -2.25. The zero-order valence-electron chi connectivity index (χ0n) is 20.5. The van der Waals surface area contributed by atoms with Gasteiger partial charge < -0.3 is 28.9 Å². The lowest BCUT2D eigenvalue weighted by molar-refractivity contribution is -0.199. The van der Waals surface area contributed by atoms with Crippen LogP contribution in [0.25, 0.3) is 22.1 Å². The van der Waals surface area contributed by atoms with E-state index in [4.69, 9.17) is 33.4 Å². The van der Waals surface area contributed by atoms with Gasteiger partial charge in [0.15, 0.2) is 23.5 Å². The van der Waals surface area contributed by atoms with E-state index in [9.17, 15) is 14.3 Å². The number of aromatic nitrogens is 4. The first-order chi connectivity index (χ1) is 18.0. The molecule has 0 saturated carbocycles. The van der Waals surface area contributed by atoms with Crippen molar-refractivity contribution in [2.75, 3.05) is 12.3 Å². The van der Waals surface area contributed by atoms with Gasteiger partial charge in [-0.25, -0.2) is 24.3 Å². The highest BCUT2D eigenvalue weighted by molar-refractivity contribution is 7.47. The molecule has 14 nitrogen and oxygen atoms in total. The molecule has 0 aliphatic carbocycles. The van der Waals surface area contributed by atoms with E-state index < -0.39 is 43.8 Å². The highest BCUT2D eigenvalue weighted by atomic mass is 31.2. The molecule has 3 aromatic heterocycles. The summed E-state index contributed by atoms with van der Waals surface area (Å²) in [6.07, 6.45) is 0.0551. The predicted molar refractivity (Wildman–Crippen MR) is 131 cm³/mol. The third-order valence-electron chi connectivity index (χ3n) is 6.33. The molecule has 3 N–H and O–H groups in total. The molecule has 0 bridgehead atoms. The SMILES string of the molecule is Cc1cc(=O)oc2cc(OP(=O)(O)OC[C@H]3O[C@@H](n4cnc5c(N)ncnc54)[C@@H]4OC(C)(C)O[C@@H]43)ccc12. The molecular formula is C23H24N5O9P. The lowest BCUT2D eigenvalue weighted by atomic mass is 10.1. The largest absolute Gasteiger partial charge is 0.527 e. The minimum atomic E-state index is -4.62. The monoisotopic (exact) mass is 545 g/mol. The van der Waals surface area contributed by atoms with Crippen LogP contribution >= 0.6 is 7.82 Å². The van der Waals surface area contributed by atoms with Crippen molar-refractivity contribution < 1.29 is 37.1 Å². The fourth-order valence-electron chi connectivity index (χ4n) is 4.76. The standard InChI is InChI=1S/C23H24N5O9P/c1-11-6-16(29)33-14-7-12(4-5-13(11)14)37-38(30,31)32-8-15-18-19(36-23(2,3)35-18)22(34-15)28-10-27-17-20(24)25-9-26-21(17)28/h4-7,9-10,15,18-19,22H,8H2,1-3H3,(H,30,31)(H2,24,25,26)/t15-,18-,19-,22-/m1/s1. The summed E-state index contributed by atoms with van der Waals surface area (Å²) in [5.41, 5.74) is 7.13. The molecule has 2 aliphatic heterocycles. The molecule has 1 aromatic carbocycles. The molecule has 15 heteroatoms. The summed E-state index contributed by atoms with van der Waals surface area (Å²) in [6.45, 7) is 4.92. The molecule has 38 heavy (non-hydrogen) atoms. The van der Waals surface area contributed by atoms with Crippen molar-refractivity contribution in [1.82, 2.24) is 19.5 Å². The molecule has 0 amide bonds. The van der Waals surface area contributed by atoms with Gasteiger partial charge in [-0.05, 0) is 38.5 Å². The first kappa shape index (κ1) is 24.9. The quantitative estimate of drug-likeness (QED) is 0.266. The van der Waals surface area contributed by atoms with E-state index in [0.717, 1.165) is 0 Å². The average Bonchev–Trinajstić information content (AvgIpc) is 3.48.